The Kier molecular flexibility index (Phi) is 8.13. The molecule has 0 aliphatic carbocycles. The Morgan fingerprint density at radius 3 is 2.11 bits per heavy atom. The first-order valence-electron chi connectivity index (χ1n) is 9.28. The lowest BCUT2D eigenvalue weighted by Crippen LogP contribution is -2.22. The van der Waals surface area contributed by atoms with Gasteiger partial charge in [0.1, 0.15) is 36.9 Å². The Labute approximate surface area is 171 Å². The largest absolute Gasteiger partial charge is 0.491 e. The van der Waals surface area contributed by atoms with E-state index in [-0.39, 0.29) is 31.1 Å². The number of aliphatic hydroxyl groups excluding tert-OH is 3. The molecule has 2 rings (SSSR count). The zero-order valence-electron chi connectivity index (χ0n) is 16.6. The molecule has 0 radical (unpaired) electrons. The van der Waals surface area contributed by atoms with Crippen LogP contribution in [0, 0.1) is 6.92 Å². The first kappa shape index (κ1) is 22.5. The van der Waals surface area contributed by atoms with Crippen molar-refractivity contribution in [1.82, 2.24) is 0 Å². The topological polar surface area (TPSA) is 79.2 Å². The summed E-state index contributed by atoms with van der Waals surface area (Å²) in [6.07, 6.45) is -1.57. The highest BCUT2D eigenvalue weighted by Crippen LogP contribution is 2.34. The minimum atomic E-state index is -0.887. The lowest BCUT2D eigenvalue weighted by atomic mass is 9.77. The van der Waals surface area contributed by atoms with Crippen molar-refractivity contribution in [1.29, 1.82) is 0 Å². The molecule has 0 saturated carbocycles. The number of ether oxygens (including phenoxy) is 2. The molecule has 0 aliphatic rings. The van der Waals surface area contributed by atoms with Gasteiger partial charge < -0.3 is 24.8 Å². The molecule has 0 aromatic heterocycles. The van der Waals surface area contributed by atoms with E-state index < -0.39 is 12.2 Å². The fraction of sp³-hybridized carbons (Fsp3) is 0.455. The van der Waals surface area contributed by atoms with Crippen LogP contribution in [0.1, 0.15) is 30.5 Å². The van der Waals surface area contributed by atoms with Gasteiger partial charge in [-0.1, -0.05) is 38.1 Å². The van der Waals surface area contributed by atoms with Crippen molar-refractivity contribution in [3.05, 3.63) is 59.2 Å². The molecule has 5 nitrogen and oxygen atoms in total. The average Bonchev–Trinajstić information content (AvgIpc) is 2.70. The lowest BCUT2D eigenvalue weighted by molar-refractivity contribution is 0.0534. The third kappa shape index (κ3) is 5.85. The minimum absolute atomic E-state index is 0.0555. The van der Waals surface area contributed by atoms with E-state index in [9.17, 15) is 10.2 Å². The SMILES string of the molecule is Cc1cc(C(C)(C)c2ccc(OC[C@H](O)CCl)cc2)ccc1OC[C@@H](O)CO. The summed E-state index contributed by atoms with van der Waals surface area (Å²) in [5.41, 5.74) is 2.99. The van der Waals surface area contributed by atoms with Gasteiger partial charge in [-0.25, -0.2) is 0 Å². The Morgan fingerprint density at radius 1 is 0.929 bits per heavy atom. The Balaban J connectivity index is 2.11. The van der Waals surface area contributed by atoms with Gasteiger partial charge in [0.2, 0.25) is 0 Å². The number of hydrogen-bond donors (Lipinski definition) is 3. The summed E-state index contributed by atoms with van der Waals surface area (Å²) >= 11 is 5.58. The second-order valence-corrected chi connectivity index (χ2v) is 7.70. The van der Waals surface area contributed by atoms with Crippen LogP contribution in [0.15, 0.2) is 42.5 Å². The van der Waals surface area contributed by atoms with E-state index in [1.165, 1.54) is 0 Å². The summed E-state index contributed by atoms with van der Waals surface area (Å²) < 4.78 is 11.1. The van der Waals surface area contributed by atoms with Gasteiger partial charge in [-0.15, -0.1) is 11.6 Å². The quantitative estimate of drug-likeness (QED) is 0.526. The molecule has 28 heavy (non-hydrogen) atoms. The van der Waals surface area contributed by atoms with Gasteiger partial charge in [-0.2, -0.15) is 0 Å². The molecule has 3 N–H and O–H groups in total. The number of aliphatic hydroxyl groups is 3. The van der Waals surface area contributed by atoms with Crippen molar-refractivity contribution in [2.24, 2.45) is 0 Å². The summed E-state index contributed by atoms with van der Waals surface area (Å²) in [6, 6.07) is 13.8. The van der Waals surface area contributed by atoms with Gasteiger partial charge in [0, 0.05) is 5.41 Å². The van der Waals surface area contributed by atoms with Gasteiger partial charge in [0.05, 0.1) is 12.5 Å². The molecule has 0 amide bonds. The maximum atomic E-state index is 9.49. The molecule has 2 aromatic rings. The summed E-state index contributed by atoms with van der Waals surface area (Å²) in [4.78, 5) is 0. The highest BCUT2D eigenvalue weighted by Gasteiger charge is 2.24. The number of benzene rings is 2. The molecule has 0 unspecified atom stereocenters. The third-order valence-electron chi connectivity index (χ3n) is 4.74. The van der Waals surface area contributed by atoms with E-state index in [0.717, 1.165) is 16.7 Å². The average molecular weight is 409 g/mol. The fourth-order valence-corrected chi connectivity index (χ4v) is 2.90. The molecule has 0 aliphatic heterocycles. The van der Waals surface area contributed by atoms with Crippen LogP contribution in [-0.2, 0) is 5.41 Å². The fourth-order valence-electron chi connectivity index (χ4n) is 2.81. The number of halogens is 1. The number of hydrogen-bond acceptors (Lipinski definition) is 5. The normalized spacial score (nSPS) is 13.8. The van der Waals surface area contributed by atoms with E-state index in [1.54, 1.807) is 0 Å². The van der Waals surface area contributed by atoms with Crippen molar-refractivity contribution < 1.29 is 24.8 Å². The molecule has 2 atom stereocenters. The smallest absolute Gasteiger partial charge is 0.122 e. The Morgan fingerprint density at radius 2 is 1.54 bits per heavy atom. The summed E-state index contributed by atoms with van der Waals surface area (Å²) in [7, 11) is 0. The standard InChI is InChI=1S/C22H29ClO5/c1-15-10-17(6-9-21(15)28-14-19(26)12-24)22(2,3)16-4-7-20(8-5-16)27-13-18(25)11-23/h4-10,18-19,24-26H,11-14H2,1-3H3/t18-,19+/m1/s1. The van der Waals surface area contributed by atoms with Crippen molar-refractivity contribution in [2.75, 3.05) is 25.7 Å². The van der Waals surface area contributed by atoms with Crippen LogP contribution in [0.5, 0.6) is 11.5 Å². The monoisotopic (exact) mass is 408 g/mol. The summed E-state index contributed by atoms with van der Waals surface area (Å²) in [5, 5.41) is 27.8. The first-order chi connectivity index (χ1) is 13.3. The third-order valence-corrected chi connectivity index (χ3v) is 5.09. The summed E-state index contributed by atoms with van der Waals surface area (Å²) in [5.74, 6) is 1.52. The van der Waals surface area contributed by atoms with Gasteiger partial charge in [0.15, 0.2) is 0 Å². The molecule has 0 saturated heterocycles. The van der Waals surface area contributed by atoms with Gasteiger partial charge in [-0.05, 0) is 41.8 Å². The number of alkyl halides is 1. The molecule has 6 heteroatoms. The lowest BCUT2D eigenvalue weighted by Gasteiger charge is -2.27. The summed E-state index contributed by atoms with van der Waals surface area (Å²) in [6.45, 7) is 6.14. The predicted molar refractivity (Wildman–Crippen MR) is 111 cm³/mol. The van der Waals surface area contributed by atoms with Crippen molar-refractivity contribution in [2.45, 2.75) is 38.4 Å². The second-order valence-electron chi connectivity index (χ2n) is 7.40. The van der Waals surface area contributed by atoms with Gasteiger partial charge >= 0.3 is 0 Å². The van der Waals surface area contributed by atoms with E-state index >= 15 is 0 Å². The molecule has 154 valence electrons. The zero-order valence-corrected chi connectivity index (χ0v) is 17.3. The highest BCUT2D eigenvalue weighted by atomic mass is 35.5. The van der Waals surface area contributed by atoms with Gasteiger partial charge in [0.25, 0.3) is 0 Å². The van der Waals surface area contributed by atoms with E-state index in [4.69, 9.17) is 26.2 Å². The van der Waals surface area contributed by atoms with Gasteiger partial charge in [-0.3, -0.25) is 0 Å². The van der Waals surface area contributed by atoms with Crippen LogP contribution in [0.2, 0.25) is 0 Å². The first-order valence-corrected chi connectivity index (χ1v) is 9.81. The molecular formula is C22H29ClO5. The maximum absolute atomic E-state index is 9.49. The maximum Gasteiger partial charge on any atom is 0.122 e. The minimum Gasteiger partial charge on any atom is -0.491 e. The van der Waals surface area contributed by atoms with E-state index in [2.05, 4.69) is 19.9 Å². The highest BCUT2D eigenvalue weighted by molar-refractivity contribution is 6.18. The number of aryl methyl sites for hydroxylation is 1. The molecule has 0 fully saturated rings. The van der Waals surface area contributed by atoms with Crippen LogP contribution >= 0.6 is 11.6 Å². The van der Waals surface area contributed by atoms with Crippen LogP contribution < -0.4 is 9.47 Å². The van der Waals surface area contributed by atoms with Crippen molar-refractivity contribution in [3.63, 3.8) is 0 Å². The zero-order chi connectivity index (χ0) is 20.7. The Bertz CT molecular complexity index is 745. The van der Waals surface area contributed by atoms with Crippen molar-refractivity contribution in [3.8, 4) is 11.5 Å². The van der Waals surface area contributed by atoms with Crippen LogP contribution in [0.4, 0.5) is 0 Å². The number of rotatable bonds is 10. The van der Waals surface area contributed by atoms with Crippen molar-refractivity contribution >= 4 is 11.6 Å². The van der Waals surface area contributed by atoms with E-state index in [1.807, 2.05) is 43.3 Å². The van der Waals surface area contributed by atoms with Crippen LogP contribution in [-0.4, -0.2) is 53.2 Å². The van der Waals surface area contributed by atoms with E-state index in [0.29, 0.717) is 11.5 Å². The van der Waals surface area contributed by atoms with Crippen LogP contribution in [0.3, 0.4) is 0 Å². The molecule has 0 bridgehead atoms. The Hall–Kier alpha value is -1.79. The molecular weight excluding hydrogens is 380 g/mol. The molecule has 2 aromatic carbocycles. The van der Waals surface area contributed by atoms with Crippen LogP contribution in [0.25, 0.3) is 0 Å². The predicted octanol–water partition coefficient (Wildman–Crippen LogP) is 3.03. The molecule has 0 spiro atoms. The molecule has 0 heterocycles. The second kappa shape index (κ2) is 10.1.